The number of rotatable bonds is 2. The number of nitrogens with one attached hydrogen (secondary N) is 1. The number of benzene rings is 1. The zero-order valence-corrected chi connectivity index (χ0v) is 10.4. The quantitative estimate of drug-likeness (QED) is 0.865. The van der Waals surface area contributed by atoms with Gasteiger partial charge in [-0.3, -0.25) is 4.57 Å². The van der Waals surface area contributed by atoms with Crippen LogP contribution in [0.3, 0.4) is 0 Å². The van der Waals surface area contributed by atoms with Crippen LogP contribution in [0, 0.1) is 0 Å². The van der Waals surface area contributed by atoms with Crippen LogP contribution in [-0.2, 0) is 0 Å². The number of para-hydroxylation sites is 1. The lowest BCUT2D eigenvalue weighted by atomic mass is 10.1. The molecule has 1 saturated heterocycles. The number of fused-ring (bicyclic) bond motifs is 1. The van der Waals surface area contributed by atoms with E-state index in [1.165, 1.54) is 6.07 Å². The van der Waals surface area contributed by atoms with Crippen LogP contribution in [0.15, 0.2) is 23.0 Å². The van der Waals surface area contributed by atoms with Gasteiger partial charge in [-0.2, -0.15) is 11.8 Å². The molecule has 2 heterocycles. The highest BCUT2D eigenvalue weighted by Gasteiger charge is 2.23. The Bertz CT molecular complexity index is 668. The molecule has 1 unspecified atom stereocenters. The summed E-state index contributed by atoms with van der Waals surface area (Å²) in [6.07, 6.45) is 0.953. The first kappa shape index (κ1) is 11.4. The van der Waals surface area contributed by atoms with Gasteiger partial charge >= 0.3 is 11.7 Å². The summed E-state index contributed by atoms with van der Waals surface area (Å²) in [6, 6.07) is 5.15. The zero-order valence-electron chi connectivity index (χ0n) is 9.55. The fourth-order valence-corrected chi connectivity index (χ4v) is 3.61. The van der Waals surface area contributed by atoms with E-state index < -0.39 is 5.97 Å². The molecule has 0 saturated carbocycles. The van der Waals surface area contributed by atoms with Gasteiger partial charge in [0.05, 0.1) is 16.6 Å². The lowest BCUT2D eigenvalue weighted by Gasteiger charge is -2.10. The van der Waals surface area contributed by atoms with Crippen molar-refractivity contribution in [3.05, 3.63) is 34.2 Å². The maximum Gasteiger partial charge on any atom is 0.337 e. The summed E-state index contributed by atoms with van der Waals surface area (Å²) >= 11 is 1.82. The summed E-state index contributed by atoms with van der Waals surface area (Å²) in [6.45, 7) is 0. The fraction of sp³-hybridized carbons (Fsp3) is 0.333. The average Bonchev–Trinajstić information content (AvgIpc) is 2.93. The summed E-state index contributed by atoms with van der Waals surface area (Å²) in [5.74, 6) is 0.932. The van der Waals surface area contributed by atoms with Crippen molar-refractivity contribution in [3.8, 4) is 0 Å². The molecule has 0 amide bonds. The van der Waals surface area contributed by atoms with Gasteiger partial charge in [0, 0.05) is 11.8 Å². The third-order valence-corrected chi connectivity index (χ3v) is 4.40. The van der Waals surface area contributed by atoms with Crippen LogP contribution in [0.5, 0.6) is 0 Å². The van der Waals surface area contributed by atoms with Crippen LogP contribution in [0.4, 0.5) is 0 Å². The predicted octanol–water partition coefficient (Wildman–Crippen LogP) is 1.71. The van der Waals surface area contributed by atoms with Crippen LogP contribution in [0.25, 0.3) is 11.0 Å². The zero-order chi connectivity index (χ0) is 12.7. The van der Waals surface area contributed by atoms with Gasteiger partial charge in [0.2, 0.25) is 0 Å². The maximum absolute atomic E-state index is 12.0. The molecule has 2 N–H and O–H groups in total. The summed E-state index contributed by atoms with van der Waals surface area (Å²) < 4.78 is 1.70. The van der Waals surface area contributed by atoms with E-state index in [9.17, 15) is 9.59 Å². The van der Waals surface area contributed by atoms with Gasteiger partial charge in [-0.25, -0.2) is 9.59 Å². The van der Waals surface area contributed by atoms with Gasteiger partial charge in [0.25, 0.3) is 0 Å². The molecule has 18 heavy (non-hydrogen) atoms. The molecule has 1 aliphatic heterocycles. The molecular formula is C12H12N2O3S. The molecule has 94 valence electrons. The molecule has 1 aromatic carbocycles. The van der Waals surface area contributed by atoms with Gasteiger partial charge in [0.1, 0.15) is 0 Å². The Kier molecular flexibility index (Phi) is 2.66. The lowest BCUT2D eigenvalue weighted by molar-refractivity contribution is 0.0699. The van der Waals surface area contributed by atoms with Crippen LogP contribution in [0.2, 0.25) is 0 Å². The van der Waals surface area contributed by atoms with E-state index in [2.05, 4.69) is 4.98 Å². The van der Waals surface area contributed by atoms with Crippen LogP contribution < -0.4 is 5.69 Å². The highest BCUT2D eigenvalue weighted by Crippen LogP contribution is 2.29. The van der Waals surface area contributed by atoms with Crippen molar-refractivity contribution in [2.75, 3.05) is 11.5 Å². The molecule has 2 aromatic rings. The normalized spacial score (nSPS) is 19.4. The minimum absolute atomic E-state index is 0.147. The molecule has 1 aromatic heterocycles. The Morgan fingerprint density at radius 2 is 2.33 bits per heavy atom. The molecule has 0 spiro atoms. The molecule has 0 aliphatic carbocycles. The van der Waals surface area contributed by atoms with Gasteiger partial charge in [-0.15, -0.1) is 0 Å². The summed E-state index contributed by atoms with van der Waals surface area (Å²) in [7, 11) is 0. The van der Waals surface area contributed by atoms with Crippen molar-refractivity contribution < 1.29 is 9.90 Å². The standard InChI is InChI=1S/C12H12N2O3S/c15-11(16)8-2-1-3-9-10(8)13-12(17)14(9)7-4-5-18-6-7/h1-3,7H,4-6H2,(H,13,17)(H,15,16). The molecule has 1 fully saturated rings. The number of hydrogen-bond acceptors (Lipinski definition) is 3. The fourth-order valence-electron chi connectivity index (χ4n) is 2.42. The second kappa shape index (κ2) is 4.20. The van der Waals surface area contributed by atoms with E-state index in [-0.39, 0.29) is 17.3 Å². The topological polar surface area (TPSA) is 75.1 Å². The van der Waals surface area contributed by atoms with E-state index in [1.807, 2.05) is 11.8 Å². The van der Waals surface area contributed by atoms with E-state index in [0.29, 0.717) is 11.0 Å². The van der Waals surface area contributed by atoms with E-state index >= 15 is 0 Å². The molecule has 3 rings (SSSR count). The molecule has 1 aliphatic rings. The van der Waals surface area contributed by atoms with Gasteiger partial charge < -0.3 is 10.1 Å². The average molecular weight is 264 g/mol. The van der Waals surface area contributed by atoms with Crippen molar-refractivity contribution in [1.29, 1.82) is 0 Å². The van der Waals surface area contributed by atoms with E-state index in [0.717, 1.165) is 17.9 Å². The SMILES string of the molecule is O=C(O)c1cccc2c1[nH]c(=O)n2C1CCSC1. The first-order valence-corrected chi connectivity index (χ1v) is 6.88. The number of thioether (sulfide) groups is 1. The molecule has 6 heteroatoms. The number of carboxylic acids is 1. The third kappa shape index (κ3) is 1.64. The van der Waals surface area contributed by atoms with Crippen LogP contribution >= 0.6 is 11.8 Å². The van der Waals surface area contributed by atoms with Gasteiger partial charge in [-0.1, -0.05) is 6.07 Å². The van der Waals surface area contributed by atoms with E-state index in [4.69, 9.17) is 5.11 Å². The largest absolute Gasteiger partial charge is 0.478 e. The van der Waals surface area contributed by atoms with Crippen molar-refractivity contribution in [2.24, 2.45) is 0 Å². The Balaban J connectivity index is 2.27. The summed E-state index contributed by atoms with van der Waals surface area (Å²) in [4.78, 5) is 25.8. The Hall–Kier alpha value is -1.69. The monoisotopic (exact) mass is 264 g/mol. The van der Waals surface area contributed by atoms with Crippen molar-refractivity contribution in [1.82, 2.24) is 9.55 Å². The first-order valence-electron chi connectivity index (χ1n) is 5.73. The number of aromatic carboxylic acids is 1. The Morgan fingerprint density at radius 1 is 1.50 bits per heavy atom. The van der Waals surface area contributed by atoms with Crippen molar-refractivity contribution >= 4 is 28.8 Å². The maximum atomic E-state index is 12.0. The number of carbonyl (C=O) groups is 1. The predicted molar refractivity (Wildman–Crippen MR) is 70.5 cm³/mol. The highest BCUT2D eigenvalue weighted by atomic mass is 32.2. The van der Waals surface area contributed by atoms with Crippen molar-refractivity contribution in [2.45, 2.75) is 12.5 Å². The lowest BCUT2D eigenvalue weighted by Crippen LogP contribution is -2.21. The number of imidazole rings is 1. The minimum Gasteiger partial charge on any atom is -0.478 e. The molecule has 1 atom stereocenters. The number of nitrogens with zero attached hydrogens (tertiary/aromatic N) is 1. The minimum atomic E-state index is -1.02. The van der Waals surface area contributed by atoms with Crippen LogP contribution in [0.1, 0.15) is 22.8 Å². The Morgan fingerprint density at radius 3 is 3.00 bits per heavy atom. The Labute approximate surface area is 107 Å². The highest BCUT2D eigenvalue weighted by molar-refractivity contribution is 7.99. The molecule has 0 bridgehead atoms. The summed E-state index contributed by atoms with van der Waals surface area (Å²) in [5.41, 5.74) is 1.04. The number of aromatic nitrogens is 2. The number of H-pyrrole nitrogens is 1. The van der Waals surface area contributed by atoms with Gasteiger partial charge in [-0.05, 0) is 24.3 Å². The number of hydrogen-bond donors (Lipinski definition) is 2. The second-order valence-electron chi connectivity index (χ2n) is 4.32. The number of aromatic amines is 1. The molecule has 5 nitrogen and oxygen atoms in total. The first-order chi connectivity index (χ1) is 8.68. The summed E-state index contributed by atoms with van der Waals surface area (Å²) in [5, 5.41) is 9.11. The second-order valence-corrected chi connectivity index (χ2v) is 5.47. The van der Waals surface area contributed by atoms with Gasteiger partial charge in [0.15, 0.2) is 0 Å². The molecule has 0 radical (unpaired) electrons. The molecular weight excluding hydrogens is 252 g/mol. The number of carboxylic acid groups (broad SMARTS) is 1. The van der Waals surface area contributed by atoms with E-state index in [1.54, 1.807) is 16.7 Å². The van der Waals surface area contributed by atoms with Crippen LogP contribution in [-0.4, -0.2) is 32.1 Å². The third-order valence-electron chi connectivity index (χ3n) is 3.25. The van der Waals surface area contributed by atoms with Crippen molar-refractivity contribution in [3.63, 3.8) is 0 Å². The smallest absolute Gasteiger partial charge is 0.337 e.